The van der Waals surface area contributed by atoms with Crippen LogP contribution in [0, 0.1) is 11.8 Å². The van der Waals surface area contributed by atoms with Gasteiger partial charge in [-0.05, 0) is 0 Å². The van der Waals surface area contributed by atoms with Crippen molar-refractivity contribution in [1.29, 1.82) is 0 Å². The molecule has 0 saturated carbocycles. The van der Waals surface area contributed by atoms with Crippen LogP contribution in [0.2, 0.25) is 4.47 Å². The van der Waals surface area contributed by atoms with Crippen LogP contribution in [0.5, 0.6) is 0 Å². The minimum absolute atomic E-state index is 0.149. The Morgan fingerprint density at radius 1 is 1.15 bits per heavy atom. The predicted molar refractivity (Wildman–Crippen MR) is 61.9 cm³/mol. The van der Waals surface area contributed by atoms with Crippen molar-refractivity contribution in [2.24, 2.45) is 0 Å². The molecule has 0 rings (SSSR count). The Hall–Kier alpha value is 0.0896. The Kier molecular flexibility index (Phi) is 12.2. The molecule has 74 valence electrons. The summed E-state index contributed by atoms with van der Waals surface area (Å²) in [5.74, 6) is 6.26. The van der Waals surface area contributed by atoms with Crippen LogP contribution >= 0.6 is 0 Å². The van der Waals surface area contributed by atoms with Gasteiger partial charge in [-0.2, -0.15) is 0 Å². The predicted octanol–water partition coefficient (Wildman–Crippen LogP) is 3.62. The fourth-order valence-electron chi connectivity index (χ4n) is 0.774. The van der Waals surface area contributed by atoms with Gasteiger partial charge in [0, 0.05) is 0 Å². The average Bonchev–Trinajstić information content (AvgIpc) is 2.16. The van der Waals surface area contributed by atoms with Gasteiger partial charge in [-0.15, -0.1) is 0 Å². The SMILES string of the molecule is CCCCC#C/C=C\[Te]CCCC. The van der Waals surface area contributed by atoms with Gasteiger partial charge in [-0.3, -0.25) is 0 Å². The summed E-state index contributed by atoms with van der Waals surface area (Å²) in [6.07, 6.45) is 8.36. The number of hydrogen-bond acceptors (Lipinski definition) is 0. The van der Waals surface area contributed by atoms with Gasteiger partial charge in [-0.25, -0.2) is 0 Å². The molecule has 0 saturated heterocycles. The van der Waals surface area contributed by atoms with Crippen molar-refractivity contribution < 1.29 is 0 Å². The zero-order valence-electron chi connectivity index (χ0n) is 8.81. The van der Waals surface area contributed by atoms with E-state index >= 15 is 0 Å². The van der Waals surface area contributed by atoms with E-state index in [-0.39, 0.29) is 20.9 Å². The molecule has 0 fully saturated rings. The van der Waals surface area contributed by atoms with Crippen LogP contribution in [0.15, 0.2) is 10.2 Å². The van der Waals surface area contributed by atoms with Gasteiger partial charge in [0.05, 0.1) is 0 Å². The molecule has 0 aromatic heterocycles. The van der Waals surface area contributed by atoms with Gasteiger partial charge in [0.1, 0.15) is 0 Å². The van der Waals surface area contributed by atoms with Gasteiger partial charge in [0.15, 0.2) is 0 Å². The maximum absolute atomic E-state index is 3.16. The first-order chi connectivity index (χ1) is 6.41. The summed E-state index contributed by atoms with van der Waals surface area (Å²) < 4.78 is 3.76. The van der Waals surface area contributed by atoms with E-state index in [2.05, 4.69) is 35.9 Å². The van der Waals surface area contributed by atoms with Gasteiger partial charge in [0.2, 0.25) is 0 Å². The van der Waals surface area contributed by atoms with E-state index in [4.69, 9.17) is 0 Å². The average molecular weight is 292 g/mol. The molecule has 0 aromatic carbocycles. The van der Waals surface area contributed by atoms with Crippen LogP contribution in [0.25, 0.3) is 0 Å². The second-order valence-corrected chi connectivity index (χ2v) is 5.85. The molecule has 0 N–H and O–H groups in total. The van der Waals surface area contributed by atoms with E-state index in [0.29, 0.717) is 0 Å². The van der Waals surface area contributed by atoms with E-state index in [1.165, 1.54) is 30.2 Å². The third-order valence-electron chi connectivity index (χ3n) is 1.62. The van der Waals surface area contributed by atoms with Crippen LogP contribution < -0.4 is 0 Å². The number of hydrogen-bond donors (Lipinski definition) is 0. The molecule has 0 amide bonds. The molecular weight excluding hydrogens is 272 g/mol. The summed E-state index contributed by atoms with van der Waals surface area (Å²) in [5.41, 5.74) is 0. The van der Waals surface area contributed by atoms with Crippen LogP contribution in [0.3, 0.4) is 0 Å². The van der Waals surface area contributed by atoms with E-state index in [1.807, 2.05) is 0 Å². The van der Waals surface area contributed by atoms with Crippen molar-refractivity contribution in [2.75, 3.05) is 0 Å². The molecule has 0 aromatic rings. The number of allylic oxidation sites excluding steroid dienone is 1. The Labute approximate surface area is 93.3 Å². The molecule has 0 spiro atoms. The first kappa shape index (κ1) is 13.1. The number of unbranched alkanes of at least 4 members (excludes halogenated alkanes) is 3. The maximum atomic E-state index is 3.16. The van der Waals surface area contributed by atoms with Gasteiger partial charge in [0.25, 0.3) is 0 Å². The summed E-state index contributed by atoms with van der Waals surface area (Å²) in [6, 6.07) is 0. The summed E-state index contributed by atoms with van der Waals surface area (Å²) in [4.78, 5) is 0. The summed E-state index contributed by atoms with van der Waals surface area (Å²) in [5, 5.41) is 0. The standard InChI is InChI=1S/C12H20Te/c1-3-5-7-8-9-10-12-13-11-6-4-2/h10,12H,3-7,11H2,1-2H3/b12-10-. The van der Waals surface area contributed by atoms with E-state index < -0.39 is 0 Å². The Morgan fingerprint density at radius 3 is 2.62 bits per heavy atom. The van der Waals surface area contributed by atoms with Crippen molar-refractivity contribution in [3.05, 3.63) is 10.2 Å². The minimum atomic E-state index is 0.149. The van der Waals surface area contributed by atoms with Crippen molar-refractivity contribution in [2.45, 2.75) is 50.4 Å². The summed E-state index contributed by atoms with van der Waals surface area (Å²) >= 11 is 0.149. The zero-order valence-corrected chi connectivity index (χ0v) is 11.1. The van der Waals surface area contributed by atoms with Gasteiger partial charge >= 0.3 is 93.4 Å². The van der Waals surface area contributed by atoms with Crippen molar-refractivity contribution >= 4 is 20.9 Å². The summed E-state index contributed by atoms with van der Waals surface area (Å²) in [6.45, 7) is 4.45. The van der Waals surface area contributed by atoms with Crippen LogP contribution in [0.4, 0.5) is 0 Å². The molecule has 1 heteroatoms. The molecule has 13 heavy (non-hydrogen) atoms. The third-order valence-corrected chi connectivity index (χ3v) is 4.06. The number of rotatable bonds is 6. The van der Waals surface area contributed by atoms with Crippen molar-refractivity contribution in [3.8, 4) is 11.8 Å². The normalized spacial score (nSPS) is 10.0. The van der Waals surface area contributed by atoms with Crippen LogP contribution in [-0.2, 0) is 0 Å². The molecule has 0 aliphatic rings. The second kappa shape index (κ2) is 12.1. The third kappa shape index (κ3) is 12.1. The fraction of sp³-hybridized carbons (Fsp3) is 0.667. The Morgan fingerprint density at radius 2 is 1.92 bits per heavy atom. The van der Waals surface area contributed by atoms with E-state index in [0.717, 1.165) is 6.42 Å². The summed E-state index contributed by atoms with van der Waals surface area (Å²) in [7, 11) is 0. The molecule has 0 unspecified atom stereocenters. The molecule has 0 atom stereocenters. The fourth-order valence-corrected chi connectivity index (χ4v) is 2.93. The van der Waals surface area contributed by atoms with Crippen molar-refractivity contribution in [3.63, 3.8) is 0 Å². The first-order valence-electron chi connectivity index (χ1n) is 5.16. The molecule has 0 aliphatic carbocycles. The Balaban J connectivity index is 3.22. The second-order valence-electron chi connectivity index (χ2n) is 2.95. The molecule has 0 heterocycles. The van der Waals surface area contributed by atoms with Gasteiger partial charge in [-0.1, -0.05) is 0 Å². The molecule has 0 nitrogen and oxygen atoms in total. The van der Waals surface area contributed by atoms with E-state index in [9.17, 15) is 0 Å². The Bertz CT molecular complexity index is 171. The zero-order chi connectivity index (χ0) is 9.78. The van der Waals surface area contributed by atoms with Gasteiger partial charge < -0.3 is 0 Å². The quantitative estimate of drug-likeness (QED) is 0.398. The topological polar surface area (TPSA) is 0 Å². The molecule has 0 bridgehead atoms. The molecule has 0 radical (unpaired) electrons. The molecular formula is C12H20Te. The van der Waals surface area contributed by atoms with Crippen molar-refractivity contribution in [1.82, 2.24) is 0 Å². The van der Waals surface area contributed by atoms with Crippen LogP contribution in [0.1, 0.15) is 46.0 Å². The molecule has 0 aliphatic heterocycles. The monoisotopic (exact) mass is 294 g/mol. The van der Waals surface area contributed by atoms with Crippen LogP contribution in [-0.4, -0.2) is 20.9 Å². The first-order valence-corrected chi connectivity index (χ1v) is 8.16. The van der Waals surface area contributed by atoms with E-state index in [1.54, 1.807) is 0 Å².